The number of amides is 4. The second-order valence-electron chi connectivity index (χ2n) is 12.5. The third-order valence-corrected chi connectivity index (χ3v) is 10.6. The van der Waals surface area contributed by atoms with Crippen LogP contribution < -0.4 is 9.64 Å². The van der Waals surface area contributed by atoms with Gasteiger partial charge in [0.05, 0.1) is 35.5 Å². The van der Waals surface area contributed by atoms with Gasteiger partial charge < -0.3 is 9.84 Å². The normalized spacial score (nSPS) is 28.6. The number of ether oxygens (including phenoxy) is 1. The van der Waals surface area contributed by atoms with E-state index < -0.39 is 46.8 Å². The van der Waals surface area contributed by atoms with Crippen molar-refractivity contribution in [1.29, 1.82) is 0 Å². The quantitative estimate of drug-likeness (QED) is 0.251. The number of phenols is 1. The van der Waals surface area contributed by atoms with Gasteiger partial charge in [-0.3, -0.25) is 24.1 Å². The van der Waals surface area contributed by atoms with Gasteiger partial charge in [-0.1, -0.05) is 78.7 Å². The van der Waals surface area contributed by atoms with Gasteiger partial charge in [0, 0.05) is 23.0 Å². The Morgan fingerprint density at radius 2 is 1.67 bits per heavy atom. The first-order valence-electron chi connectivity index (χ1n) is 15.9. The molecule has 6 unspecified atom stereocenters. The third kappa shape index (κ3) is 4.19. The zero-order chi connectivity index (χ0) is 32.3. The average molecular weight is 639 g/mol. The van der Waals surface area contributed by atoms with E-state index in [4.69, 9.17) is 16.3 Å². The molecule has 8 nitrogen and oxygen atoms in total. The Morgan fingerprint density at radius 3 is 2.39 bits per heavy atom. The summed E-state index contributed by atoms with van der Waals surface area (Å²) in [4.78, 5) is 60.1. The number of benzene rings is 3. The van der Waals surface area contributed by atoms with Crippen molar-refractivity contribution in [2.75, 3.05) is 18.1 Å². The second-order valence-corrected chi connectivity index (χ2v) is 13.0. The molecule has 7 rings (SSSR count). The highest BCUT2D eigenvalue weighted by Gasteiger charge is 2.70. The second kappa shape index (κ2) is 11.4. The van der Waals surface area contributed by atoms with E-state index in [-0.39, 0.29) is 29.7 Å². The fraction of sp³-hybridized carbons (Fsp3) is 0.351. The van der Waals surface area contributed by atoms with Crippen LogP contribution in [0.15, 0.2) is 84.4 Å². The van der Waals surface area contributed by atoms with Crippen molar-refractivity contribution in [2.45, 2.75) is 44.4 Å². The van der Waals surface area contributed by atoms with Gasteiger partial charge in [-0.05, 0) is 61.9 Å². The molecule has 2 aliphatic heterocycles. The molecule has 6 atom stereocenters. The maximum absolute atomic E-state index is 15.2. The molecular formula is C37H35ClN2O6. The van der Waals surface area contributed by atoms with E-state index >= 15 is 4.79 Å². The predicted octanol–water partition coefficient (Wildman–Crippen LogP) is 6.02. The van der Waals surface area contributed by atoms with Gasteiger partial charge in [0.15, 0.2) is 11.5 Å². The summed E-state index contributed by atoms with van der Waals surface area (Å²) in [6, 6.07) is 21.1. The number of nitrogens with zero attached hydrogens (tertiary/aromatic N) is 2. The number of rotatable bonds is 7. The smallest absolute Gasteiger partial charge is 0.246 e. The largest absolute Gasteiger partial charge is 0.504 e. The highest BCUT2D eigenvalue weighted by atomic mass is 35.5. The number of fused-ring (bicyclic) bond motifs is 4. The monoisotopic (exact) mass is 638 g/mol. The van der Waals surface area contributed by atoms with Crippen molar-refractivity contribution in [3.05, 3.63) is 101 Å². The van der Waals surface area contributed by atoms with Crippen LogP contribution in [0.3, 0.4) is 0 Å². The van der Waals surface area contributed by atoms with E-state index in [0.717, 1.165) is 5.57 Å². The van der Waals surface area contributed by atoms with Gasteiger partial charge in [0.25, 0.3) is 0 Å². The molecule has 0 spiro atoms. The highest BCUT2D eigenvalue weighted by molar-refractivity contribution is 6.32. The molecule has 4 aliphatic rings. The number of imide groups is 2. The average Bonchev–Trinajstić information content (AvgIpc) is 3.43. The van der Waals surface area contributed by atoms with Crippen LogP contribution in [0.1, 0.15) is 50.2 Å². The molecule has 46 heavy (non-hydrogen) atoms. The van der Waals surface area contributed by atoms with E-state index in [1.54, 1.807) is 42.5 Å². The maximum Gasteiger partial charge on any atom is 0.246 e. The lowest BCUT2D eigenvalue weighted by Crippen LogP contribution is -2.53. The van der Waals surface area contributed by atoms with Crippen LogP contribution in [0.5, 0.6) is 11.5 Å². The fourth-order valence-corrected chi connectivity index (χ4v) is 8.83. The zero-order valence-electron chi connectivity index (χ0n) is 25.7. The Hall–Kier alpha value is -4.43. The molecule has 0 radical (unpaired) electrons. The van der Waals surface area contributed by atoms with Gasteiger partial charge in [-0.15, -0.1) is 0 Å². The number of carbonyl (C=O) groups is 4. The molecular weight excluding hydrogens is 604 g/mol. The number of para-hydroxylation sites is 1. The van der Waals surface area contributed by atoms with Gasteiger partial charge >= 0.3 is 0 Å². The van der Waals surface area contributed by atoms with Crippen LogP contribution >= 0.6 is 11.6 Å². The van der Waals surface area contributed by atoms with Crippen molar-refractivity contribution < 1.29 is 29.0 Å². The lowest BCUT2D eigenvalue weighted by Gasteiger charge is -2.50. The zero-order valence-corrected chi connectivity index (χ0v) is 26.4. The summed E-state index contributed by atoms with van der Waals surface area (Å²) in [7, 11) is 0. The third-order valence-electron chi connectivity index (χ3n) is 10.3. The molecule has 3 aromatic carbocycles. The molecule has 4 amide bonds. The standard InChI is InChI=1S/C37H35ClN2O6/c1-3-18-39-33(42)25-17-16-24-27(30(25)35(39)44)20-28-34(43)40(23-13-8-12-22(38)19-23)36(45)37(28,21-10-6-5-7-11-21)31(24)26-14-9-15-29(32(26)41)46-4-2/h5-16,19,25,27-28,30-31,41H,3-4,17-18,20H2,1-2H3. The maximum atomic E-state index is 15.2. The molecule has 2 saturated heterocycles. The number of hydrogen-bond donors (Lipinski definition) is 1. The molecule has 3 fully saturated rings. The molecule has 2 aliphatic carbocycles. The van der Waals surface area contributed by atoms with Crippen LogP contribution in [0.25, 0.3) is 0 Å². The molecule has 0 bridgehead atoms. The lowest BCUT2D eigenvalue weighted by atomic mass is 9.49. The van der Waals surface area contributed by atoms with Crippen molar-refractivity contribution >= 4 is 40.9 Å². The minimum absolute atomic E-state index is 0.116. The number of carbonyl (C=O) groups excluding carboxylic acids is 4. The number of hydrogen-bond acceptors (Lipinski definition) is 6. The van der Waals surface area contributed by atoms with Crippen molar-refractivity contribution in [1.82, 2.24) is 4.90 Å². The molecule has 9 heteroatoms. The fourth-order valence-electron chi connectivity index (χ4n) is 8.64. The first kappa shape index (κ1) is 30.2. The van der Waals surface area contributed by atoms with E-state index in [1.807, 2.05) is 50.3 Å². The number of likely N-dealkylation sites (tertiary alicyclic amines) is 1. The Kier molecular flexibility index (Phi) is 7.51. The summed E-state index contributed by atoms with van der Waals surface area (Å²) in [5, 5.41) is 12.2. The van der Waals surface area contributed by atoms with E-state index in [9.17, 15) is 19.5 Å². The Balaban J connectivity index is 1.51. The molecule has 236 valence electrons. The van der Waals surface area contributed by atoms with Crippen LogP contribution in [-0.2, 0) is 24.6 Å². The van der Waals surface area contributed by atoms with Gasteiger partial charge in [-0.25, -0.2) is 4.90 Å². The number of phenolic OH excluding ortho intramolecular Hbond substituents is 1. The summed E-state index contributed by atoms with van der Waals surface area (Å²) < 4.78 is 5.80. The Bertz CT molecular complexity index is 1790. The molecule has 0 aromatic heterocycles. The SMILES string of the molecule is CCCN1C(=O)C2CC=C3C(CC4C(=O)N(c5cccc(Cl)c5)C(=O)C4(c4ccccc4)C3c3cccc(OCC)c3O)C2C1=O. The summed E-state index contributed by atoms with van der Waals surface area (Å²) in [6.07, 6.45) is 3.17. The summed E-state index contributed by atoms with van der Waals surface area (Å²) >= 11 is 6.37. The molecule has 1 saturated carbocycles. The summed E-state index contributed by atoms with van der Waals surface area (Å²) in [6.45, 7) is 4.40. The first-order chi connectivity index (χ1) is 22.2. The van der Waals surface area contributed by atoms with Crippen LogP contribution in [0.4, 0.5) is 5.69 Å². The van der Waals surface area contributed by atoms with Crippen LogP contribution in [0, 0.1) is 23.7 Å². The number of anilines is 1. The van der Waals surface area contributed by atoms with Crippen LogP contribution in [0.2, 0.25) is 5.02 Å². The highest BCUT2D eigenvalue weighted by Crippen LogP contribution is 2.65. The molecule has 3 aromatic rings. The Labute approximate surface area is 272 Å². The lowest BCUT2D eigenvalue weighted by molar-refractivity contribution is -0.140. The van der Waals surface area contributed by atoms with Gasteiger partial charge in [0.1, 0.15) is 0 Å². The van der Waals surface area contributed by atoms with E-state index in [0.29, 0.717) is 47.8 Å². The van der Waals surface area contributed by atoms with Gasteiger partial charge in [0.2, 0.25) is 23.6 Å². The number of allylic oxidation sites excluding steroid dienone is 2. The van der Waals surface area contributed by atoms with Crippen molar-refractivity contribution in [3.63, 3.8) is 0 Å². The number of aromatic hydroxyl groups is 1. The summed E-state index contributed by atoms with van der Waals surface area (Å²) in [5.41, 5.74) is 0.753. The Morgan fingerprint density at radius 1 is 0.913 bits per heavy atom. The van der Waals surface area contributed by atoms with Crippen molar-refractivity contribution in [2.24, 2.45) is 23.7 Å². The minimum Gasteiger partial charge on any atom is -0.504 e. The van der Waals surface area contributed by atoms with Crippen molar-refractivity contribution in [3.8, 4) is 11.5 Å². The topological polar surface area (TPSA) is 104 Å². The van der Waals surface area contributed by atoms with Crippen LogP contribution in [-0.4, -0.2) is 46.8 Å². The van der Waals surface area contributed by atoms with Gasteiger partial charge in [-0.2, -0.15) is 0 Å². The van der Waals surface area contributed by atoms with E-state index in [2.05, 4.69) is 0 Å². The number of halogens is 1. The molecule has 1 N–H and O–H groups in total. The molecule has 2 heterocycles. The minimum atomic E-state index is -1.47. The predicted molar refractivity (Wildman–Crippen MR) is 172 cm³/mol. The first-order valence-corrected chi connectivity index (χ1v) is 16.3. The summed E-state index contributed by atoms with van der Waals surface area (Å²) in [5.74, 6) is -4.49. The van der Waals surface area contributed by atoms with E-state index in [1.165, 1.54) is 9.80 Å².